The maximum absolute atomic E-state index is 12.5. The molecule has 0 saturated carbocycles. The first-order valence-electron chi connectivity index (χ1n) is 6.30. The zero-order valence-corrected chi connectivity index (χ0v) is 13.0. The van der Waals surface area contributed by atoms with Crippen molar-refractivity contribution >= 4 is 22.1 Å². The number of benzene rings is 1. The van der Waals surface area contributed by atoms with Crippen molar-refractivity contribution in [3.8, 4) is 0 Å². The summed E-state index contributed by atoms with van der Waals surface area (Å²) >= 11 is 0. The van der Waals surface area contributed by atoms with Crippen molar-refractivity contribution < 1.29 is 23.4 Å². The molecule has 1 aromatic rings. The zero-order valence-electron chi connectivity index (χ0n) is 12.1. The van der Waals surface area contributed by atoms with Crippen LogP contribution in [-0.4, -0.2) is 48.6 Å². The van der Waals surface area contributed by atoms with Gasteiger partial charge >= 0.3 is 5.97 Å². The fourth-order valence-electron chi connectivity index (χ4n) is 1.80. The standard InChI is InChI=1S/C14H19NO5S/c1-10-4-5-12(6-7-14(17)18)8-13(10)21(19,20)15(3)9-11(2)16/h4-8,11,16H,9H2,1-3H3,(H,17,18). The number of likely N-dealkylation sites (N-methyl/N-ethyl adjacent to an activating group) is 1. The summed E-state index contributed by atoms with van der Waals surface area (Å²) in [6.07, 6.45) is 1.50. The van der Waals surface area contributed by atoms with E-state index >= 15 is 0 Å². The van der Waals surface area contributed by atoms with Crippen LogP contribution in [0.4, 0.5) is 0 Å². The summed E-state index contributed by atoms with van der Waals surface area (Å²) in [5.41, 5.74) is 1.03. The van der Waals surface area contributed by atoms with Crippen LogP contribution in [0.5, 0.6) is 0 Å². The molecular weight excluding hydrogens is 294 g/mol. The Morgan fingerprint density at radius 2 is 2.05 bits per heavy atom. The Kier molecular flexibility index (Phi) is 5.65. The normalized spacial score (nSPS) is 13.8. The van der Waals surface area contributed by atoms with Crippen molar-refractivity contribution in [2.75, 3.05) is 13.6 Å². The number of carboxylic acids is 1. The van der Waals surface area contributed by atoms with Gasteiger partial charge < -0.3 is 10.2 Å². The van der Waals surface area contributed by atoms with Gasteiger partial charge in [-0.25, -0.2) is 13.2 Å². The molecule has 1 atom stereocenters. The quantitative estimate of drug-likeness (QED) is 0.767. The smallest absolute Gasteiger partial charge is 0.328 e. The highest BCUT2D eigenvalue weighted by Crippen LogP contribution is 2.21. The van der Waals surface area contributed by atoms with Crippen LogP contribution in [-0.2, 0) is 14.8 Å². The topological polar surface area (TPSA) is 94.9 Å². The molecule has 0 saturated heterocycles. The molecular formula is C14H19NO5S. The molecule has 0 fully saturated rings. The third-order valence-electron chi connectivity index (χ3n) is 2.84. The predicted molar refractivity (Wildman–Crippen MR) is 79.3 cm³/mol. The van der Waals surface area contributed by atoms with Crippen LogP contribution in [0.1, 0.15) is 18.1 Å². The maximum atomic E-state index is 12.5. The van der Waals surface area contributed by atoms with Crippen LogP contribution in [0.3, 0.4) is 0 Å². The molecule has 0 aliphatic heterocycles. The lowest BCUT2D eigenvalue weighted by Crippen LogP contribution is -2.33. The van der Waals surface area contributed by atoms with Gasteiger partial charge in [-0.05, 0) is 37.1 Å². The van der Waals surface area contributed by atoms with Crippen LogP contribution in [0.15, 0.2) is 29.2 Å². The lowest BCUT2D eigenvalue weighted by Gasteiger charge is -2.20. The number of carboxylic acid groups (broad SMARTS) is 1. The number of hydrogen-bond donors (Lipinski definition) is 2. The molecule has 7 heteroatoms. The fourth-order valence-corrected chi connectivity index (χ4v) is 3.31. The van der Waals surface area contributed by atoms with Crippen LogP contribution in [0.2, 0.25) is 0 Å². The molecule has 0 amide bonds. The lowest BCUT2D eigenvalue weighted by molar-refractivity contribution is -0.131. The van der Waals surface area contributed by atoms with Gasteiger partial charge in [-0.15, -0.1) is 0 Å². The van der Waals surface area contributed by atoms with Crippen molar-refractivity contribution in [1.82, 2.24) is 4.31 Å². The van der Waals surface area contributed by atoms with E-state index in [2.05, 4.69) is 0 Å². The molecule has 6 nitrogen and oxygen atoms in total. The number of aliphatic hydroxyl groups is 1. The summed E-state index contributed by atoms with van der Waals surface area (Å²) in [7, 11) is -2.34. The van der Waals surface area contributed by atoms with Gasteiger partial charge in [-0.1, -0.05) is 12.1 Å². The van der Waals surface area contributed by atoms with Crippen LogP contribution in [0, 0.1) is 6.92 Å². The number of aliphatic carboxylic acids is 1. The van der Waals surface area contributed by atoms with Crippen molar-refractivity contribution in [2.24, 2.45) is 0 Å². The SMILES string of the molecule is Cc1ccc(C=CC(=O)O)cc1S(=O)(=O)N(C)CC(C)O. The van der Waals surface area contributed by atoms with Gasteiger partial charge in [-0.3, -0.25) is 0 Å². The van der Waals surface area contributed by atoms with Gasteiger partial charge in [0, 0.05) is 19.7 Å². The second-order valence-corrected chi connectivity index (χ2v) is 6.84. The molecule has 0 aromatic heterocycles. The maximum Gasteiger partial charge on any atom is 0.328 e. The number of aryl methyl sites for hydroxylation is 1. The van der Waals surface area contributed by atoms with E-state index in [9.17, 15) is 18.3 Å². The summed E-state index contributed by atoms with van der Waals surface area (Å²) in [5.74, 6) is -1.11. The van der Waals surface area contributed by atoms with E-state index in [0.29, 0.717) is 11.1 Å². The number of sulfonamides is 1. The molecule has 1 unspecified atom stereocenters. The third-order valence-corrected chi connectivity index (χ3v) is 4.81. The summed E-state index contributed by atoms with van der Waals surface area (Å²) in [6.45, 7) is 3.15. The van der Waals surface area contributed by atoms with Crippen LogP contribution in [0.25, 0.3) is 6.08 Å². The Morgan fingerprint density at radius 1 is 1.43 bits per heavy atom. The monoisotopic (exact) mass is 313 g/mol. The average Bonchev–Trinajstić information content (AvgIpc) is 2.36. The molecule has 0 radical (unpaired) electrons. The highest BCUT2D eigenvalue weighted by molar-refractivity contribution is 7.89. The molecule has 1 rings (SSSR count). The number of carbonyl (C=O) groups is 1. The van der Waals surface area contributed by atoms with Crippen molar-refractivity contribution in [3.05, 3.63) is 35.4 Å². The predicted octanol–water partition coefficient (Wildman–Crippen LogP) is 1.09. The molecule has 0 aliphatic rings. The summed E-state index contributed by atoms with van der Waals surface area (Å²) < 4.78 is 26.0. The van der Waals surface area contributed by atoms with Crippen molar-refractivity contribution in [1.29, 1.82) is 0 Å². The molecule has 21 heavy (non-hydrogen) atoms. The van der Waals surface area contributed by atoms with Crippen LogP contribution < -0.4 is 0 Å². The Balaban J connectivity index is 3.22. The van der Waals surface area contributed by atoms with Gasteiger partial charge in [0.2, 0.25) is 10.0 Å². The van der Waals surface area contributed by atoms with Gasteiger partial charge in [0.15, 0.2) is 0 Å². The van der Waals surface area contributed by atoms with E-state index < -0.39 is 22.1 Å². The van der Waals surface area contributed by atoms with E-state index in [1.54, 1.807) is 19.1 Å². The molecule has 0 heterocycles. The molecule has 0 bridgehead atoms. The first-order chi connectivity index (χ1) is 9.64. The fraction of sp³-hybridized carbons (Fsp3) is 0.357. The van der Waals surface area contributed by atoms with E-state index in [1.165, 1.54) is 26.1 Å². The first kappa shape index (κ1) is 17.4. The summed E-state index contributed by atoms with van der Waals surface area (Å²) in [6, 6.07) is 4.68. The van der Waals surface area contributed by atoms with Gasteiger partial charge in [0.1, 0.15) is 0 Å². The van der Waals surface area contributed by atoms with E-state index in [1.807, 2.05) is 0 Å². The van der Waals surface area contributed by atoms with E-state index in [4.69, 9.17) is 5.11 Å². The minimum atomic E-state index is -3.73. The minimum absolute atomic E-state index is 0.0169. The second-order valence-electron chi connectivity index (χ2n) is 4.83. The molecule has 116 valence electrons. The highest BCUT2D eigenvalue weighted by Gasteiger charge is 2.23. The Hall–Kier alpha value is -1.70. The Bertz CT molecular complexity index is 649. The zero-order chi connectivity index (χ0) is 16.2. The van der Waals surface area contributed by atoms with E-state index in [-0.39, 0.29) is 11.4 Å². The molecule has 0 aliphatic carbocycles. The Morgan fingerprint density at radius 3 is 2.57 bits per heavy atom. The van der Waals surface area contributed by atoms with E-state index in [0.717, 1.165) is 10.4 Å². The number of rotatable bonds is 6. The second kappa shape index (κ2) is 6.84. The first-order valence-corrected chi connectivity index (χ1v) is 7.74. The molecule has 1 aromatic carbocycles. The highest BCUT2D eigenvalue weighted by atomic mass is 32.2. The van der Waals surface area contributed by atoms with Gasteiger partial charge in [-0.2, -0.15) is 4.31 Å². The van der Waals surface area contributed by atoms with Crippen LogP contribution >= 0.6 is 0 Å². The number of nitrogens with zero attached hydrogens (tertiary/aromatic N) is 1. The average molecular weight is 313 g/mol. The van der Waals surface area contributed by atoms with Gasteiger partial charge in [0.05, 0.1) is 11.0 Å². The summed E-state index contributed by atoms with van der Waals surface area (Å²) in [5, 5.41) is 17.9. The lowest BCUT2D eigenvalue weighted by atomic mass is 10.1. The summed E-state index contributed by atoms with van der Waals surface area (Å²) in [4.78, 5) is 10.6. The number of hydrogen-bond acceptors (Lipinski definition) is 4. The van der Waals surface area contributed by atoms with Crippen molar-refractivity contribution in [3.63, 3.8) is 0 Å². The van der Waals surface area contributed by atoms with Gasteiger partial charge in [0.25, 0.3) is 0 Å². The number of aliphatic hydroxyl groups excluding tert-OH is 1. The minimum Gasteiger partial charge on any atom is -0.478 e. The largest absolute Gasteiger partial charge is 0.478 e. The van der Waals surface area contributed by atoms with Crippen molar-refractivity contribution in [2.45, 2.75) is 24.8 Å². The molecule has 0 spiro atoms. The Labute approximate surface area is 124 Å². The third kappa shape index (κ3) is 4.66. The molecule has 2 N–H and O–H groups in total.